The summed E-state index contributed by atoms with van der Waals surface area (Å²) in [6, 6.07) is 5.07. The first-order valence-corrected chi connectivity index (χ1v) is 5.55. The second-order valence-corrected chi connectivity index (χ2v) is 4.13. The molecule has 0 spiro atoms. The smallest absolute Gasteiger partial charge is 0.227 e. The fraction of sp³-hybridized carbons (Fsp3) is 0.182. The SMILES string of the molecule is O=c1cc(CO)occ1OCc1cccs1. The zero-order valence-electron chi connectivity index (χ0n) is 8.38. The molecule has 0 unspecified atom stereocenters. The van der Waals surface area contributed by atoms with Crippen molar-refractivity contribution in [1.29, 1.82) is 0 Å². The summed E-state index contributed by atoms with van der Waals surface area (Å²) in [7, 11) is 0. The maximum atomic E-state index is 11.5. The summed E-state index contributed by atoms with van der Waals surface area (Å²) in [4.78, 5) is 12.5. The topological polar surface area (TPSA) is 59.7 Å². The number of aliphatic hydroxyl groups is 1. The molecule has 2 heterocycles. The Morgan fingerprint density at radius 3 is 3.00 bits per heavy atom. The molecule has 1 N–H and O–H groups in total. The van der Waals surface area contributed by atoms with Crippen molar-refractivity contribution >= 4 is 11.3 Å². The van der Waals surface area contributed by atoms with E-state index in [1.54, 1.807) is 11.3 Å². The van der Waals surface area contributed by atoms with Crippen molar-refractivity contribution in [3.63, 3.8) is 0 Å². The molecule has 0 radical (unpaired) electrons. The van der Waals surface area contributed by atoms with Crippen molar-refractivity contribution in [2.45, 2.75) is 13.2 Å². The van der Waals surface area contributed by atoms with E-state index in [0.29, 0.717) is 6.61 Å². The first-order valence-electron chi connectivity index (χ1n) is 4.67. The molecule has 0 aliphatic carbocycles. The first-order chi connectivity index (χ1) is 7.79. The summed E-state index contributed by atoms with van der Waals surface area (Å²) in [6.07, 6.45) is 1.22. The third-order valence-corrected chi connectivity index (χ3v) is 2.81. The van der Waals surface area contributed by atoms with Gasteiger partial charge in [-0.25, -0.2) is 0 Å². The molecule has 0 atom stereocenters. The summed E-state index contributed by atoms with van der Waals surface area (Å²) in [5, 5.41) is 10.7. The third-order valence-electron chi connectivity index (χ3n) is 1.96. The van der Waals surface area contributed by atoms with Gasteiger partial charge in [-0.05, 0) is 11.4 Å². The molecule has 0 fully saturated rings. The lowest BCUT2D eigenvalue weighted by Crippen LogP contribution is -2.07. The normalized spacial score (nSPS) is 10.3. The van der Waals surface area contributed by atoms with Gasteiger partial charge in [-0.2, -0.15) is 0 Å². The van der Waals surface area contributed by atoms with E-state index in [1.807, 2.05) is 17.5 Å². The molecular formula is C11H10O4S. The van der Waals surface area contributed by atoms with Crippen LogP contribution in [0.15, 0.2) is 39.1 Å². The van der Waals surface area contributed by atoms with Gasteiger partial charge in [0.2, 0.25) is 11.2 Å². The molecule has 0 bridgehead atoms. The molecule has 2 rings (SSSR count). The van der Waals surface area contributed by atoms with E-state index in [4.69, 9.17) is 14.3 Å². The van der Waals surface area contributed by atoms with Crippen LogP contribution in [-0.2, 0) is 13.2 Å². The van der Waals surface area contributed by atoms with Crippen molar-refractivity contribution in [1.82, 2.24) is 0 Å². The predicted molar refractivity (Wildman–Crippen MR) is 59.6 cm³/mol. The number of rotatable bonds is 4. The fourth-order valence-electron chi connectivity index (χ4n) is 1.17. The van der Waals surface area contributed by atoms with Crippen LogP contribution in [0.25, 0.3) is 0 Å². The van der Waals surface area contributed by atoms with Crippen molar-refractivity contribution in [3.8, 4) is 5.75 Å². The lowest BCUT2D eigenvalue weighted by Gasteiger charge is -2.03. The van der Waals surface area contributed by atoms with Gasteiger partial charge < -0.3 is 14.3 Å². The Balaban J connectivity index is 2.07. The molecule has 2 aromatic rings. The Morgan fingerprint density at radius 2 is 2.38 bits per heavy atom. The standard InChI is InChI=1S/C11H10O4S/c12-5-8-4-10(13)11(7-14-8)15-6-9-2-1-3-16-9/h1-4,7,12H,5-6H2. The lowest BCUT2D eigenvalue weighted by molar-refractivity contribution is 0.236. The molecule has 84 valence electrons. The summed E-state index contributed by atoms with van der Waals surface area (Å²) in [5.74, 6) is 0.388. The number of aliphatic hydroxyl groups excluding tert-OH is 1. The highest BCUT2D eigenvalue weighted by atomic mass is 32.1. The molecular weight excluding hydrogens is 228 g/mol. The fourth-order valence-corrected chi connectivity index (χ4v) is 1.79. The molecule has 5 heteroatoms. The molecule has 4 nitrogen and oxygen atoms in total. The van der Waals surface area contributed by atoms with Crippen LogP contribution in [0.2, 0.25) is 0 Å². The van der Waals surface area contributed by atoms with Crippen LogP contribution >= 0.6 is 11.3 Å². The number of hydrogen-bond acceptors (Lipinski definition) is 5. The van der Waals surface area contributed by atoms with Gasteiger partial charge in [-0.15, -0.1) is 11.3 Å². The van der Waals surface area contributed by atoms with E-state index < -0.39 is 0 Å². The molecule has 16 heavy (non-hydrogen) atoms. The number of ether oxygens (including phenoxy) is 1. The maximum Gasteiger partial charge on any atom is 0.227 e. The third kappa shape index (κ3) is 2.50. The van der Waals surface area contributed by atoms with E-state index in [0.717, 1.165) is 4.88 Å². The highest BCUT2D eigenvalue weighted by Gasteiger charge is 2.04. The van der Waals surface area contributed by atoms with Crippen LogP contribution in [0.4, 0.5) is 0 Å². The molecule has 0 aliphatic heterocycles. The van der Waals surface area contributed by atoms with Gasteiger partial charge in [0.05, 0.1) is 0 Å². The maximum absolute atomic E-state index is 11.5. The Bertz CT molecular complexity index is 501. The van der Waals surface area contributed by atoms with Gasteiger partial charge in [0.1, 0.15) is 25.2 Å². The van der Waals surface area contributed by atoms with Gasteiger partial charge >= 0.3 is 0 Å². The number of thiophene rings is 1. The largest absolute Gasteiger partial charge is 0.481 e. The molecule has 2 aromatic heterocycles. The van der Waals surface area contributed by atoms with E-state index in [-0.39, 0.29) is 23.5 Å². The average Bonchev–Trinajstić information content (AvgIpc) is 2.80. The molecule has 0 saturated carbocycles. The Morgan fingerprint density at radius 1 is 1.50 bits per heavy atom. The van der Waals surface area contributed by atoms with E-state index in [9.17, 15) is 4.79 Å². The van der Waals surface area contributed by atoms with E-state index in [2.05, 4.69) is 0 Å². The van der Waals surface area contributed by atoms with Gasteiger partial charge in [-0.3, -0.25) is 4.79 Å². The second kappa shape index (κ2) is 4.96. The number of hydrogen-bond donors (Lipinski definition) is 1. The van der Waals surface area contributed by atoms with Crippen LogP contribution in [-0.4, -0.2) is 5.11 Å². The highest BCUT2D eigenvalue weighted by Crippen LogP contribution is 2.12. The summed E-state index contributed by atoms with van der Waals surface area (Å²) in [6.45, 7) is 0.0569. The quantitative estimate of drug-likeness (QED) is 0.881. The van der Waals surface area contributed by atoms with Gasteiger partial charge in [0.25, 0.3) is 0 Å². The molecule has 0 amide bonds. The van der Waals surface area contributed by atoms with Gasteiger partial charge in [0.15, 0.2) is 0 Å². The Hall–Kier alpha value is -1.59. The molecule has 0 aliphatic rings. The van der Waals surface area contributed by atoms with E-state index in [1.165, 1.54) is 12.3 Å². The van der Waals surface area contributed by atoms with Gasteiger partial charge in [0, 0.05) is 10.9 Å². The van der Waals surface area contributed by atoms with Gasteiger partial charge in [-0.1, -0.05) is 6.07 Å². The summed E-state index contributed by atoms with van der Waals surface area (Å²) in [5.41, 5.74) is -0.285. The zero-order chi connectivity index (χ0) is 11.4. The van der Waals surface area contributed by atoms with Crippen LogP contribution in [0, 0.1) is 0 Å². The summed E-state index contributed by atoms with van der Waals surface area (Å²) >= 11 is 1.56. The van der Waals surface area contributed by atoms with E-state index >= 15 is 0 Å². The Labute approximate surface area is 95.7 Å². The minimum absolute atomic E-state index is 0.158. The minimum atomic E-state index is -0.291. The minimum Gasteiger partial charge on any atom is -0.481 e. The monoisotopic (exact) mass is 238 g/mol. The zero-order valence-corrected chi connectivity index (χ0v) is 9.20. The van der Waals surface area contributed by atoms with Crippen molar-refractivity contribution in [2.75, 3.05) is 0 Å². The van der Waals surface area contributed by atoms with Crippen LogP contribution in [0.3, 0.4) is 0 Å². The van der Waals surface area contributed by atoms with Crippen molar-refractivity contribution < 1.29 is 14.3 Å². The van der Waals surface area contributed by atoms with Crippen LogP contribution in [0.1, 0.15) is 10.6 Å². The summed E-state index contributed by atoms with van der Waals surface area (Å²) < 4.78 is 10.3. The predicted octanol–water partition coefficient (Wildman–Crippen LogP) is 1.77. The molecule has 0 aromatic carbocycles. The lowest BCUT2D eigenvalue weighted by atomic mass is 10.4. The van der Waals surface area contributed by atoms with Crippen molar-refractivity contribution in [2.24, 2.45) is 0 Å². The van der Waals surface area contributed by atoms with Crippen LogP contribution < -0.4 is 10.2 Å². The Kier molecular flexibility index (Phi) is 3.38. The highest BCUT2D eigenvalue weighted by molar-refractivity contribution is 7.09. The van der Waals surface area contributed by atoms with Crippen LogP contribution in [0.5, 0.6) is 5.75 Å². The second-order valence-electron chi connectivity index (χ2n) is 3.10. The average molecular weight is 238 g/mol. The first kappa shape index (κ1) is 10.9. The van der Waals surface area contributed by atoms with Crippen molar-refractivity contribution in [3.05, 3.63) is 50.7 Å². The molecule has 0 saturated heterocycles.